The molecule has 2 aromatic carbocycles. The highest BCUT2D eigenvalue weighted by Crippen LogP contribution is 2.41. The van der Waals surface area contributed by atoms with E-state index in [2.05, 4.69) is 4.98 Å². The third kappa shape index (κ3) is 3.79. The number of methoxy groups -OCH3 is 1. The molecule has 1 aromatic heterocycles. The predicted molar refractivity (Wildman–Crippen MR) is 125 cm³/mol. The van der Waals surface area contributed by atoms with Gasteiger partial charge in [0.1, 0.15) is 23.4 Å². The Kier molecular flexibility index (Phi) is 5.53. The van der Waals surface area contributed by atoms with Gasteiger partial charge in [-0.05, 0) is 66.1 Å². The van der Waals surface area contributed by atoms with E-state index in [-0.39, 0.29) is 24.0 Å². The van der Waals surface area contributed by atoms with Gasteiger partial charge in [0.05, 0.1) is 18.7 Å². The SMILES string of the molecule is COc1ccc([C@H]2/C(=C(\O)c3ccc4c(c3)C[C@@H](C)O4)C(=O)C(=O)N2Cc2ccncc2)cc1. The number of hydrogen-bond acceptors (Lipinski definition) is 6. The van der Waals surface area contributed by atoms with Crippen molar-refractivity contribution >= 4 is 17.4 Å². The molecule has 3 heterocycles. The molecule has 1 amide bonds. The van der Waals surface area contributed by atoms with Gasteiger partial charge in [-0.1, -0.05) is 12.1 Å². The number of likely N-dealkylation sites (tertiary alicyclic amines) is 1. The van der Waals surface area contributed by atoms with E-state index >= 15 is 0 Å². The first-order chi connectivity index (χ1) is 16.5. The molecule has 0 unspecified atom stereocenters. The Balaban J connectivity index is 1.62. The standard InChI is InChI=1S/C27H24N2O5/c1-16-13-20-14-19(5-8-22(20)34-16)25(30)23-24(18-3-6-21(33-2)7-4-18)29(27(32)26(23)31)15-17-9-11-28-12-10-17/h3-12,14,16,24,30H,13,15H2,1-2H3/b25-23+/t16-,24+/m1/s1. The van der Waals surface area contributed by atoms with E-state index in [4.69, 9.17) is 9.47 Å². The van der Waals surface area contributed by atoms with E-state index < -0.39 is 17.7 Å². The van der Waals surface area contributed by atoms with Gasteiger partial charge in [0.15, 0.2) is 0 Å². The molecule has 0 bridgehead atoms. The number of ketones is 1. The number of rotatable bonds is 5. The van der Waals surface area contributed by atoms with Crippen LogP contribution in [0.15, 0.2) is 72.6 Å². The lowest BCUT2D eigenvalue weighted by Crippen LogP contribution is -2.29. The molecule has 0 saturated carbocycles. The first-order valence-corrected chi connectivity index (χ1v) is 11.1. The summed E-state index contributed by atoms with van der Waals surface area (Å²) < 4.78 is 11.0. The number of amides is 1. The lowest BCUT2D eigenvalue weighted by atomic mass is 9.94. The largest absolute Gasteiger partial charge is 0.507 e. The zero-order chi connectivity index (χ0) is 23.8. The van der Waals surface area contributed by atoms with Crippen molar-refractivity contribution in [3.05, 3.63) is 94.8 Å². The topological polar surface area (TPSA) is 89.0 Å². The predicted octanol–water partition coefficient (Wildman–Crippen LogP) is 4.04. The zero-order valence-corrected chi connectivity index (χ0v) is 18.9. The minimum absolute atomic E-state index is 0.0534. The van der Waals surface area contributed by atoms with Crippen LogP contribution in [0.3, 0.4) is 0 Å². The number of aliphatic hydroxyl groups is 1. The molecular weight excluding hydrogens is 432 g/mol. The van der Waals surface area contributed by atoms with Gasteiger partial charge in [0.2, 0.25) is 0 Å². The Morgan fingerprint density at radius 3 is 2.56 bits per heavy atom. The van der Waals surface area contributed by atoms with Gasteiger partial charge in [-0.2, -0.15) is 0 Å². The van der Waals surface area contributed by atoms with Crippen LogP contribution in [0.1, 0.15) is 35.2 Å². The number of nitrogens with zero attached hydrogens (tertiary/aromatic N) is 2. The van der Waals surface area contributed by atoms with Crippen molar-refractivity contribution in [1.29, 1.82) is 0 Å². The lowest BCUT2D eigenvalue weighted by molar-refractivity contribution is -0.140. The maximum absolute atomic E-state index is 13.2. The summed E-state index contributed by atoms with van der Waals surface area (Å²) >= 11 is 0. The smallest absolute Gasteiger partial charge is 0.295 e. The highest BCUT2D eigenvalue weighted by atomic mass is 16.5. The average Bonchev–Trinajstić information content (AvgIpc) is 3.35. The van der Waals surface area contributed by atoms with Crippen LogP contribution < -0.4 is 9.47 Å². The first kappa shape index (κ1) is 21.7. The van der Waals surface area contributed by atoms with Crippen molar-refractivity contribution < 1.29 is 24.2 Å². The molecule has 0 radical (unpaired) electrons. The van der Waals surface area contributed by atoms with E-state index in [1.807, 2.05) is 13.0 Å². The molecule has 34 heavy (non-hydrogen) atoms. The van der Waals surface area contributed by atoms with Crippen LogP contribution in [0.2, 0.25) is 0 Å². The number of carbonyl (C=O) groups excluding carboxylic acids is 2. The maximum atomic E-state index is 13.2. The minimum atomic E-state index is -0.748. The second-order valence-corrected chi connectivity index (χ2v) is 8.51. The molecule has 2 atom stereocenters. The van der Waals surface area contributed by atoms with Crippen LogP contribution in [0, 0.1) is 0 Å². The molecule has 0 aliphatic carbocycles. The summed E-state index contributed by atoms with van der Waals surface area (Å²) in [4.78, 5) is 31.9. The highest BCUT2D eigenvalue weighted by molar-refractivity contribution is 6.46. The number of benzene rings is 2. The summed E-state index contributed by atoms with van der Waals surface area (Å²) in [7, 11) is 1.57. The minimum Gasteiger partial charge on any atom is -0.507 e. The molecule has 2 aliphatic heterocycles. The van der Waals surface area contributed by atoms with Crippen LogP contribution in [-0.2, 0) is 22.6 Å². The van der Waals surface area contributed by atoms with Crippen LogP contribution in [0.4, 0.5) is 0 Å². The molecule has 0 spiro atoms. The Hall–Kier alpha value is -4.13. The Morgan fingerprint density at radius 1 is 1.12 bits per heavy atom. The van der Waals surface area contributed by atoms with Crippen molar-refractivity contribution in [1.82, 2.24) is 9.88 Å². The third-order valence-corrected chi connectivity index (χ3v) is 6.24. The van der Waals surface area contributed by atoms with Gasteiger partial charge in [0, 0.05) is 30.9 Å². The number of hydrogen-bond donors (Lipinski definition) is 1. The monoisotopic (exact) mass is 456 g/mol. The number of ether oxygens (including phenoxy) is 2. The highest BCUT2D eigenvalue weighted by Gasteiger charge is 2.46. The number of aliphatic hydroxyl groups excluding tert-OH is 1. The van der Waals surface area contributed by atoms with Gasteiger partial charge in [-0.25, -0.2) is 0 Å². The molecule has 1 saturated heterocycles. The van der Waals surface area contributed by atoms with Crippen LogP contribution in [0.25, 0.3) is 5.76 Å². The van der Waals surface area contributed by atoms with Crippen molar-refractivity contribution in [3.63, 3.8) is 0 Å². The fourth-order valence-corrected chi connectivity index (χ4v) is 4.59. The summed E-state index contributed by atoms with van der Waals surface area (Å²) in [6, 6.07) is 15.3. The van der Waals surface area contributed by atoms with Crippen molar-refractivity contribution in [2.75, 3.05) is 7.11 Å². The van der Waals surface area contributed by atoms with Crippen LogP contribution in [0.5, 0.6) is 11.5 Å². The van der Waals surface area contributed by atoms with Crippen LogP contribution in [-0.4, -0.2) is 39.9 Å². The van der Waals surface area contributed by atoms with E-state index in [1.54, 1.807) is 68.0 Å². The zero-order valence-electron chi connectivity index (χ0n) is 18.9. The number of pyridine rings is 1. The van der Waals surface area contributed by atoms with E-state index in [9.17, 15) is 14.7 Å². The van der Waals surface area contributed by atoms with Gasteiger partial charge in [-0.15, -0.1) is 0 Å². The molecule has 2 aliphatic rings. The molecule has 1 N–H and O–H groups in total. The van der Waals surface area contributed by atoms with Crippen molar-refractivity contribution in [2.24, 2.45) is 0 Å². The molecule has 7 nitrogen and oxygen atoms in total. The second-order valence-electron chi connectivity index (χ2n) is 8.51. The fourth-order valence-electron chi connectivity index (χ4n) is 4.59. The second kappa shape index (κ2) is 8.67. The van der Waals surface area contributed by atoms with Gasteiger partial charge in [0.25, 0.3) is 11.7 Å². The van der Waals surface area contributed by atoms with E-state index in [1.165, 1.54) is 4.90 Å². The normalized spacial score (nSPS) is 20.8. The number of Topliss-reactive ketones (excluding diaryl/α,β-unsaturated/α-hetero) is 1. The molecular formula is C27H24N2O5. The van der Waals surface area contributed by atoms with Crippen LogP contribution >= 0.6 is 0 Å². The van der Waals surface area contributed by atoms with Gasteiger partial charge in [-0.3, -0.25) is 14.6 Å². The van der Waals surface area contributed by atoms with Crippen molar-refractivity contribution in [3.8, 4) is 11.5 Å². The summed E-state index contributed by atoms with van der Waals surface area (Å²) in [5.74, 6) is -0.134. The fraction of sp³-hybridized carbons (Fsp3) is 0.222. The number of aromatic nitrogens is 1. The quantitative estimate of drug-likeness (QED) is 0.354. The number of fused-ring (bicyclic) bond motifs is 1. The lowest BCUT2D eigenvalue weighted by Gasteiger charge is -2.25. The van der Waals surface area contributed by atoms with Crippen molar-refractivity contribution in [2.45, 2.75) is 32.0 Å². The summed E-state index contributed by atoms with van der Waals surface area (Å²) in [5, 5.41) is 11.3. The molecule has 7 heteroatoms. The molecule has 172 valence electrons. The first-order valence-electron chi connectivity index (χ1n) is 11.1. The average molecular weight is 456 g/mol. The summed E-state index contributed by atoms with van der Waals surface area (Å²) in [6.45, 7) is 2.18. The van der Waals surface area contributed by atoms with E-state index in [0.29, 0.717) is 16.9 Å². The summed E-state index contributed by atoms with van der Waals surface area (Å²) in [6.07, 6.45) is 4.05. The Bertz CT molecular complexity index is 1280. The third-order valence-electron chi connectivity index (χ3n) is 6.24. The molecule has 3 aromatic rings. The van der Waals surface area contributed by atoms with E-state index in [0.717, 1.165) is 23.3 Å². The summed E-state index contributed by atoms with van der Waals surface area (Å²) in [5.41, 5.74) is 3.05. The molecule has 5 rings (SSSR count). The number of carbonyl (C=O) groups is 2. The maximum Gasteiger partial charge on any atom is 0.295 e. The van der Waals surface area contributed by atoms with Gasteiger partial charge < -0.3 is 19.5 Å². The Labute approximate surface area is 197 Å². The molecule has 1 fully saturated rings. The Morgan fingerprint density at radius 2 is 1.85 bits per heavy atom. The van der Waals surface area contributed by atoms with Gasteiger partial charge >= 0.3 is 0 Å².